The van der Waals surface area contributed by atoms with Gasteiger partial charge >= 0.3 is 0 Å². The van der Waals surface area contributed by atoms with Crippen molar-refractivity contribution in [3.05, 3.63) is 87.9 Å². The van der Waals surface area contributed by atoms with Crippen LogP contribution in [0.25, 0.3) is 0 Å². The Morgan fingerprint density at radius 3 is 2.91 bits per heavy atom. The van der Waals surface area contributed by atoms with Crippen LogP contribution in [0.5, 0.6) is 0 Å². The molecule has 0 aliphatic carbocycles. The molecule has 4 aliphatic heterocycles. The third-order valence-electron chi connectivity index (χ3n) is 6.60. The monoisotopic (exact) mass is 497 g/mol. The van der Waals surface area contributed by atoms with Crippen LogP contribution in [0.3, 0.4) is 0 Å². The molecule has 1 amide bonds. The fourth-order valence-electron chi connectivity index (χ4n) is 5.12. The predicted molar refractivity (Wildman–Crippen MR) is 129 cm³/mol. The lowest BCUT2D eigenvalue weighted by molar-refractivity contribution is -0.189. The summed E-state index contributed by atoms with van der Waals surface area (Å²) >= 11 is 8.68. The van der Waals surface area contributed by atoms with E-state index >= 15 is 0 Å². The number of aliphatic hydroxyl groups is 1. The number of halogens is 1. The summed E-state index contributed by atoms with van der Waals surface area (Å²) < 4.78 is 11.4. The van der Waals surface area contributed by atoms with Crippen LogP contribution in [0.1, 0.15) is 22.7 Å². The van der Waals surface area contributed by atoms with Crippen LogP contribution in [0.4, 0.5) is 0 Å². The molecule has 2 aromatic rings. The van der Waals surface area contributed by atoms with Crippen LogP contribution in [0.15, 0.2) is 71.1 Å². The lowest BCUT2D eigenvalue weighted by Gasteiger charge is -2.54. The zero-order valence-electron chi connectivity index (χ0n) is 18.4. The molecular formula is C25H24ClN3O4S. The van der Waals surface area contributed by atoms with Gasteiger partial charge < -0.3 is 19.5 Å². The second kappa shape index (κ2) is 8.94. The maximum Gasteiger partial charge on any atom is 0.277 e. The summed E-state index contributed by atoms with van der Waals surface area (Å²) in [5.41, 5.74) is 3.46. The van der Waals surface area contributed by atoms with E-state index in [1.54, 1.807) is 21.7 Å². The van der Waals surface area contributed by atoms with Gasteiger partial charge in [-0.2, -0.15) is 5.01 Å². The molecule has 0 spiro atoms. The number of rotatable bonds is 1. The number of amides is 1. The number of hydrazine groups is 1. The van der Waals surface area contributed by atoms with Crippen LogP contribution in [0, 0.1) is 0 Å². The number of hydrogen-bond acceptors (Lipinski definition) is 7. The van der Waals surface area contributed by atoms with E-state index in [9.17, 15) is 9.90 Å². The van der Waals surface area contributed by atoms with E-state index < -0.39 is 0 Å². The van der Waals surface area contributed by atoms with Crippen molar-refractivity contribution in [2.45, 2.75) is 22.9 Å². The van der Waals surface area contributed by atoms with Crippen LogP contribution in [-0.4, -0.2) is 65.1 Å². The van der Waals surface area contributed by atoms with Gasteiger partial charge in [0.2, 0.25) is 0 Å². The third-order valence-corrected chi connectivity index (χ3v) is 8.07. The minimum absolute atomic E-state index is 0.0286. The summed E-state index contributed by atoms with van der Waals surface area (Å²) in [6.45, 7) is 1.54. The first-order valence-electron chi connectivity index (χ1n) is 11.3. The first-order chi connectivity index (χ1) is 16.6. The van der Waals surface area contributed by atoms with E-state index in [-0.39, 0.29) is 36.2 Å². The van der Waals surface area contributed by atoms with Gasteiger partial charge in [0.05, 0.1) is 25.9 Å². The summed E-state index contributed by atoms with van der Waals surface area (Å²) in [7, 11) is 0. The van der Waals surface area contributed by atoms with Gasteiger partial charge in [0.15, 0.2) is 5.70 Å². The molecule has 0 saturated carbocycles. The molecule has 0 aromatic heterocycles. The zero-order valence-corrected chi connectivity index (χ0v) is 20.0. The Morgan fingerprint density at radius 1 is 1.12 bits per heavy atom. The minimum atomic E-state index is -0.368. The Balaban J connectivity index is 1.62. The third kappa shape index (κ3) is 3.52. The second-order valence-electron chi connectivity index (χ2n) is 8.52. The number of thioether (sulfide) groups is 1. The van der Waals surface area contributed by atoms with Crippen LogP contribution in [-0.2, 0) is 20.0 Å². The lowest BCUT2D eigenvalue weighted by Crippen LogP contribution is -2.67. The van der Waals surface area contributed by atoms with Gasteiger partial charge in [0.25, 0.3) is 5.91 Å². The topological polar surface area (TPSA) is 65.5 Å². The molecule has 34 heavy (non-hydrogen) atoms. The number of carbonyl (C=O) groups is 1. The Labute approximate surface area is 207 Å². The molecule has 2 saturated heterocycles. The van der Waals surface area contributed by atoms with Crippen molar-refractivity contribution in [3.63, 3.8) is 0 Å². The van der Waals surface area contributed by atoms with E-state index in [1.807, 2.05) is 36.5 Å². The highest BCUT2D eigenvalue weighted by atomic mass is 35.5. The van der Waals surface area contributed by atoms with Gasteiger partial charge in [-0.3, -0.25) is 9.80 Å². The second-order valence-corrected chi connectivity index (χ2v) is 9.94. The Morgan fingerprint density at radius 2 is 2.00 bits per heavy atom. The summed E-state index contributed by atoms with van der Waals surface area (Å²) in [6, 6.07) is 14.0. The fraction of sp³-hybridized carbons (Fsp3) is 0.320. The van der Waals surface area contributed by atoms with E-state index in [0.717, 1.165) is 27.3 Å². The van der Waals surface area contributed by atoms with E-state index in [1.165, 1.54) is 0 Å². The number of nitrogens with zero attached hydrogens (tertiary/aromatic N) is 3. The first-order valence-corrected chi connectivity index (χ1v) is 12.6. The molecule has 2 atom stereocenters. The highest BCUT2D eigenvalue weighted by Crippen LogP contribution is 2.48. The van der Waals surface area contributed by atoms with Gasteiger partial charge in [0, 0.05) is 28.4 Å². The highest BCUT2D eigenvalue weighted by Gasteiger charge is 2.49. The van der Waals surface area contributed by atoms with Crippen molar-refractivity contribution in [2.75, 3.05) is 33.0 Å². The molecule has 6 rings (SSSR count). The number of aliphatic hydroxyl groups excluding tert-OH is 1. The van der Waals surface area contributed by atoms with E-state index in [4.69, 9.17) is 21.1 Å². The number of morpholine rings is 1. The van der Waals surface area contributed by atoms with Gasteiger partial charge in [0.1, 0.15) is 18.5 Å². The molecular weight excluding hydrogens is 474 g/mol. The standard InChI is InChI=1S/C25H24ClN3O4S/c26-18-7-3-5-16-15-34-20-8-2-1-6-17(20)23(22(16)18)29-21-14-33-12-10-27(21)25(31)24-19(30)13-32-11-4-9-28(24)29/h1-9,21,23,30H,10-15H2/b9-4-,24-19+/t21-,23-/m1/s1. The predicted octanol–water partition coefficient (Wildman–Crippen LogP) is 4.07. The zero-order chi connectivity index (χ0) is 23.2. The molecule has 7 nitrogen and oxygen atoms in total. The van der Waals surface area contributed by atoms with Crippen molar-refractivity contribution in [1.82, 2.24) is 14.9 Å². The fourth-order valence-corrected chi connectivity index (χ4v) is 6.50. The smallest absolute Gasteiger partial charge is 0.277 e. The number of hydrogen-bond donors (Lipinski definition) is 1. The SMILES string of the molecule is O=C1/C2=C(\O)COC/C=C\N2N([C@@H]2c3ccccc3SCc3cccc(Cl)c32)[C@@H]2COCCN12. The normalized spacial score (nSPS) is 28.1. The molecule has 9 heteroatoms. The minimum Gasteiger partial charge on any atom is -0.507 e. The number of benzene rings is 2. The molecule has 0 unspecified atom stereocenters. The summed E-state index contributed by atoms with van der Waals surface area (Å²) in [6.07, 6.45) is 3.30. The quantitative estimate of drug-likeness (QED) is 0.637. The van der Waals surface area contributed by atoms with Crippen molar-refractivity contribution in [2.24, 2.45) is 0 Å². The molecule has 4 aliphatic rings. The van der Waals surface area contributed by atoms with Crippen LogP contribution >= 0.6 is 23.4 Å². The maximum absolute atomic E-state index is 13.6. The molecule has 0 radical (unpaired) electrons. The van der Waals surface area contributed by atoms with Gasteiger partial charge in [-0.15, -0.1) is 11.8 Å². The van der Waals surface area contributed by atoms with Crippen molar-refractivity contribution < 1.29 is 19.4 Å². The Kier molecular flexibility index (Phi) is 5.79. The van der Waals surface area contributed by atoms with Crippen LogP contribution in [0.2, 0.25) is 5.02 Å². The average molecular weight is 498 g/mol. The first kappa shape index (κ1) is 22.0. The van der Waals surface area contributed by atoms with Gasteiger partial charge in [-0.1, -0.05) is 41.9 Å². The summed E-state index contributed by atoms with van der Waals surface area (Å²) in [5.74, 6) is 0.478. The average Bonchev–Trinajstić information content (AvgIpc) is 3.01. The lowest BCUT2D eigenvalue weighted by atomic mass is 9.93. The Bertz CT molecular complexity index is 1200. The molecule has 2 aromatic carbocycles. The van der Waals surface area contributed by atoms with Crippen LogP contribution < -0.4 is 0 Å². The molecule has 1 N–H and O–H groups in total. The molecule has 2 fully saturated rings. The Hall–Kier alpha value is -2.49. The molecule has 0 bridgehead atoms. The van der Waals surface area contributed by atoms with Crippen molar-refractivity contribution in [3.8, 4) is 0 Å². The van der Waals surface area contributed by atoms with Crippen molar-refractivity contribution in [1.29, 1.82) is 0 Å². The van der Waals surface area contributed by atoms with Crippen molar-refractivity contribution >= 4 is 29.3 Å². The van der Waals surface area contributed by atoms with E-state index in [0.29, 0.717) is 31.4 Å². The summed E-state index contributed by atoms with van der Waals surface area (Å²) in [5, 5.41) is 15.5. The number of carbonyl (C=O) groups excluding carboxylic acids is 1. The van der Waals surface area contributed by atoms with Gasteiger partial charge in [-0.05, 0) is 34.9 Å². The molecule has 176 valence electrons. The van der Waals surface area contributed by atoms with Gasteiger partial charge in [-0.25, -0.2) is 0 Å². The number of fused-ring (bicyclic) bond motifs is 4. The summed E-state index contributed by atoms with van der Waals surface area (Å²) in [4.78, 5) is 16.5. The number of ether oxygens (including phenoxy) is 2. The van der Waals surface area contributed by atoms with E-state index in [2.05, 4.69) is 23.2 Å². The molecule has 4 heterocycles. The largest absolute Gasteiger partial charge is 0.507 e. The highest BCUT2D eigenvalue weighted by molar-refractivity contribution is 7.98. The maximum atomic E-state index is 13.6.